The van der Waals surface area contributed by atoms with Crippen LogP contribution in [0, 0.1) is 18.6 Å². The van der Waals surface area contributed by atoms with Gasteiger partial charge in [0.05, 0.1) is 13.2 Å². The van der Waals surface area contributed by atoms with Crippen LogP contribution in [0.5, 0.6) is 11.5 Å². The van der Waals surface area contributed by atoms with Gasteiger partial charge >= 0.3 is 0 Å². The van der Waals surface area contributed by atoms with Crippen molar-refractivity contribution in [2.24, 2.45) is 0 Å². The maximum Gasteiger partial charge on any atom is 0.166 e. The average Bonchev–Trinajstić information content (AvgIpc) is 3.52. The fourth-order valence-electron chi connectivity index (χ4n) is 9.86. The number of unbranched alkanes of at least 4 members (excludes halogenated alkanes) is 25. The van der Waals surface area contributed by atoms with Crippen LogP contribution in [0.3, 0.4) is 0 Å². The predicted octanol–water partition coefficient (Wildman–Crippen LogP) is 22.4. The van der Waals surface area contributed by atoms with Gasteiger partial charge in [-0.25, -0.2) is 28.7 Å². The molecule has 6 aromatic rings. The van der Waals surface area contributed by atoms with E-state index in [1.54, 1.807) is 24.3 Å². The Hall–Kier alpha value is -5.50. The van der Waals surface area contributed by atoms with Crippen LogP contribution in [-0.2, 0) is 19.3 Å². The molecular formula is C73H106F2N4O2. The predicted molar refractivity (Wildman–Crippen MR) is 340 cm³/mol. The van der Waals surface area contributed by atoms with Crippen molar-refractivity contribution in [3.05, 3.63) is 144 Å². The van der Waals surface area contributed by atoms with E-state index < -0.39 is 11.6 Å². The fraction of sp³-hybridized carbons (Fsp3) is 0.562. The molecule has 0 aliphatic rings. The van der Waals surface area contributed by atoms with Gasteiger partial charge in [0.2, 0.25) is 0 Å². The molecule has 0 amide bonds. The summed E-state index contributed by atoms with van der Waals surface area (Å²) in [6, 6.07) is 27.2. The minimum Gasteiger partial charge on any atom is -0.494 e. The Bertz CT molecular complexity index is 2440. The standard InChI is InChI=1S/C28H44N2O.C25H34F2O.C20H28N2/c1-3-5-7-9-11-13-15-17-25-23-29-28(30-24-25)26-18-20-27(21-19-26)31-22-16-14-12-10-8-6-4-2;1-3-5-7-8-9-11-19-28-22-16-13-20(14-17-22)23-18-15-21(12-10-6-4-2)24(26)25(23)27;1-3-4-5-6-7-8-9-10-18-15-21-20(22-16-18)19-13-11-17(2)12-14-19/h18-21,23-24H,3-17,22H2,1-2H3;13-18H,3-12,19H2,1-2H3;11-16H,3-10H2,1-2H3. The number of hydrogen-bond acceptors (Lipinski definition) is 6. The molecule has 2 aromatic heterocycles. The van der Waals surface area contributed by atoms with E-state index in [-0.39, 0.29) is 0 Å². The maximum absolute atomic E-state index is 14.5. The molecule has 0 aliphatic carbocycles. The van der Waals surface area contributed by atoms with Gasteiger partial charge in [-0.3, -0.25) is 0 Å². The molecule has 0 fully saturated rings. The van der Waals surface area contributed by atoms with Crippen molar-refractivity contribution >= 4 is 0 Å². The van der Waals surface area contributed by atoms with Gasteiger partial charge in [0.15, 0.2) is 23.3 Å². The van der Waals surface area contributed by atoms with Crippen molar-refractivity contribution in [1.29, 1.82) is 0 Å². The molecule has 0 saturated heterocycles. The molecule has 81 heavy (non-hydrogen) atoms. The second-order valence-corrected chi connectivity index (χ2v) is 22.4. The second-order valence-electron chi connectivity index (χ2n) is 22.4. The summed E-state index contributed by atoms with van der Waals surface area (Å²) in [5, 5.41) is 0. The summed E-state index contributed by atoms with van der Waals surface area (Å²) in [5.74, 6) is 1.86. The first-order valence-electron chi connectivity index (χ1n) is 32.4. The first kappa shape index (κ1) is 68.0. The van der Waals surface area contributed by atoms with Crippen molar-refractivity contribution in [1.82, 2.24) is 19.9 Å². The Labute approximate surface area is 491 Å². The molecule has 8 heteroatoms. The van der Waals surface area contributed by atoms with Gasteiger partial charge in [-0.2, -0.15) is 0 Å². The van der Waals surface area contributed by atoms with E-state index in [0.717, 1.165) is 85.8 Å². The van der Waals surface area contributed by atoms with Gasteiger partial charge in [-0.15, -0.1) is 0 Å². The third-order valence-corrected chi connectivity index (χ3v) is 15.1. The van der Waals surface area contributed by atoms with E-state index >= 15 is 0 Å². The van der Waals surface area contributed by atoms with Crippen LogP contribution in [0.4, 0.5) is 8.78 Å². The van der Waals surface area contributed by atoms with E-state index in [9.17, 15) is 8.78 Å². The Morgan fingerprint density at radius 3 is 1.04 bits per heavy atom. The maximum atomic E-state index is 14.5. The molecule has 0 atom stereocenters. The van der Waals surface area contributed by atoms with E-state index in [4.69, 9.17) is 9.47 Å². The second kappa shape index (κ2) is 44.1. The number of aryl methyl sites for hydroxylation is 4. The van der Waals surface area contributed by atoms with Gasteiger partial charge < -0.3 is 9.47 Å². The Balaban J connectivity index is 0.000000265. The SMILES string of the molecule is CCCCCCCCCOc1ccc(-c2ncc(CCCCCCCCC)cn2)cc1.CCCCCCCCCc1cnc(-c2ccc(C)cc2)nc1.CCCCCCCCOc1ccc(-c2ccc(CCCCC)c(F)c2F)cc1. The van der Waals surface area contributed by atoms with Gasteiger partial charge in [-0.05, 0) is 117 Å². The smallest absolute Gasteiger partial charge is 0.166 e. The van der Waals surface area contributed by atoms with Gasteiger partial charge in [-0.1, -0.05) is 249 Å². The van der Waals surface area contributed by atoms with E-state index in [2.05, 4.69) is 97.9 Å². The summed E-state index contributed by atoms with van der Waals surface area (Å²) < 4.78 is 40.6. The molecular weight excluding hydrogens is 1000 g/mol. The summed E-state index contributed by atoms with van der Waals surface area (Å²) in [4.78, 5) is 18.2. The Morgan fingerprint density at radius 2 is 0.642 bits per heavy atom. The minimum atomic E-state index is -0.755. The number of hydrogen-bond donors (Lipinski definition) is 0. The topological polar surface area (TPSA) is 70.0 Å². The number of benzene rings is 4. The van der Waals surface area contributed by atoms with Crippen molar-refractivity contribution < 1.29 is 18.3 Å². The van der Waals surface area contributed by atoms with Crippen molar-refractivity contribution in [3.63, 3.8) is 0 Å². The Kier molecular flexibility index (Phi) is 37.0. The molecule has 0 radical (unpaired) electrons. The van der Waals surface area contributed by atoms with Gasteiger partial charge in [0.25, 0.3) is 0 Å². The normalized spacial score (nSPS) is 11.0. The highest BCUT2D eigenvalue weighted by molar-refractivity contribution is 5.65. The summed E-state index contributed by atoms with van der Waals surface area (Å²) >= 11 is 0. The monoisotopic (exact) mass is 1110 g/mol. The molecule has 4 aromatic carbocycles. The number of nitrogens with zero attached hydrogens (tertiary/aromatic N) is 4. The summed E-state index contributed by atoms with van der Waals surface area (Å²) in [7, 11) is 0. The minimum absolute atomic E-state index is 0.305. The third-order valence-electron chi connectivity index (χ3n) is 15.1. The molecule has 6 rings (SSSR count). The summed E-state index contributed by atoms with van der Waals surface area (Å²) in [6.07, 6.45) is 49.0. The summed E-state index contributed by atoms with van der Waals surface area (Å²) in [5.41, 5.74) is 7.34. The molecule has 0 bridgehead atoms. The number of halogens is 2. The lowest BCUT2D eigenvalue weighted by atomic mass is 10.00. The van der Waals surface area contributed by atoms with E-state index in [0.29, 0.717) is 29.7 Å². The number of rotatable bonds is 40. The molecule has 6 nitrogen and oxygen atoms in total. The molecule has 0 aliphatic heterocycles. The molecule has 2 heterocycles. The zero-order valence-corrected chi connectivity index (χ0v) is 51.5. The number of aromatic nitrogens is 4. The fourth-order valence-corrected chi connectivity index (χ4v) is 9.86. The first-order valence-corrected chi connectivity index (χ1v) is 32.4. The van der Waals surface area contributed by atoms with Crippen LogP contribution in [0.2, 0.25) is 0 Å². The van der Waals surface area contributed by atoms with Crippen molar-refractivity contribution in [3.8, 4) is 45.4 Å². The Morgan fingerprint density at radius 1 is 0.321 bits per heavy atom. The number of ether oxygens (including phenoxy) is 2. The van der Waals surface area contributed by atoms with Crippen LogP contribution in [0.1, 0.15) is 249 Å². The highest BCUT2D eigenvalue weighted by atomic mass is 19.2. The zero-order chi connectivity index (χ0) is 57.8. The highest BCUT2D eigenvalue weighted by Crippen LogP contribution is 2.29. The lowest BCUT2D eigenvalue weighted by Gasteiger charge is -2.10. The van der Waals surface area contributed by atoms with Crippen LogP contribution in [0.25, 0.3) is 33.9 Å². The summed E-state index contributed by atoms with van der Waals surface area (Å²) in [6.45, 7) is 14.7. The van der Waals surface area contributed by atoms with Crippen LogP contribution in [0.15, 0.2) is 110 Å². The van der Waals surface area contributed by atoms with E-state index in [1.165, 1.54) is 177 Å². The zero-order valence-electron chi connectivity index (χ0n) is 51.5. The molecule has 0 N–H and O–H groups in total. The van der Waals surface area contributed by atoms with Crippen LogP contribution in [-0.4, -0.2) is 33.1 Å². The van der Waals surface area contributed by atoms with E-state index in [1.807, 2.05) is 49.1 Å². The average molecular weight is 1110 g/mol. The molecule has 0 unspecified atom stereocenters. The molecule has 0 saturated carbocycles. The molecule has 0 spiro atoms. The van der Waals surface area contributed by atoms with Crippen LogP contribution >= 0.6 is 0 Å². The first-order chi connectivity index (χ1) is 39.8. The van der Waals surface area contributed by atoms with Crippen LogP contribution < -0.4 is 9.47 Å². The quantitative estimate of drug-likeness (QED) is 0.0357. The largest absolute Gasteiger partial charge is 0.494 e. The van der Waals surface area contributed by atoms with Gasteiger partial charge in [0, 0.05) is 41.5 Å². The highest BCUT2D eigenvalue weighted by Gasteiger charge is 2.15. The lowest BCUT2D eigenvalue weighted by Crippen LogP contribution is -1.99. The third kappa shape index (κ3) is 29.4. The molecule has 444 valence electrons. The van der Waals surface area contributed by atoms with Crippen molar-refractivity contribution in [2.75, 3.05) is 13.2 Å². The lowest BCUT2D eigenvalue weighted by molar-refractivity contribution is 0.304. The van der Waals surface area contributed by atoms with Gasteiger partial charge in [0.1, 0.15) is 11.5 Å². The van der Waals surface area contributed by atoms with Crippen molar-refractivity contribution in [2.45, 2.75) is 253 Å².